The summed E-state index contributed by atoms with van der Waals surface area (Å²) in [4.78, 5) is 16.7. The van der Waals surface area contributed by atoms with Crippen LogP contribution in [-0.4, -0.2) is 18.1 Å². The van der Waals surface area contributed by atoms with E-state index in [1.54, 1.807) is 20.1 Å². The zero-order chi connectivity index (χ0) is 15.0. The van der Waals surface area contributed by atoms with Crippen molar-refractivity contribution in [1.82, 2.24) is 0 Å². The molecular formula is C16H16NO4. The number of aliphatic imine (C=N–C) groups is 1. The minimum Gasteiger partial charge on any atom is -0.469 e. The van der Waals surface area contributed by atoms with Crippen molar-refractivity contribution < 1.29 is 19.1 Å². The molecule has 5 nitrogen and oxygen atoms in total. The number of rotatable bonds is 3. The molecule has 0 saturated heterocycles. The summed E-state index contributed by atoms with van der Waals surface area (Å²) in [5.74, 6) is 0.321. The van der Waals surface area contributed by atoms with Crippen LogP contribution >= 0.6 is 0 Å². The van der Waals surface area contributed by atoms with Gasteiger partial charge in [-0.15, -0.1) is 0 Å². The Balaban J connectivity index is 1.97. The average Bonchev–Trinajstić information content (AvgIpc) is 3.07. The number of allylic oxidation sites excluding steroid dienone is 2. The smallest absolute Gasteiger partial charge is 0.357 e. The largest absolute Gasteiger partial charge is 0.469 e. The van der Waals surface area contributed by atoms with Crippen LogP contribution in [0.15, 0.2) is 50.6 Å². The summed E-state index contributed by atoms with van der Waals surface area (Å²) in [5, 5.41) is 11.9. The van der Waals surface area contributed by atoms with Crippen molar-refractivity contribution in [3.8, 4) is 0 Å². The Hall–Kier alpha value is -2.30. The van der Waals surface area contributed by atoms with E-state index in [0.29, 0.717) is 36.3 Å². The normalized spacial score (nSPS) is 24.0. The Bertz CT molecular complexity index is 664. The third kappa shape index (κ3) is 2.28. The first kappa shape index (κ1) is 13.7. The maximum Gasteiger partial charge on any atom is 0.357 e. The van der Waals surface area contributed by atoms with Crippen molar-refractivity contribution in [2.75, 3.05) is 6.61 Å². The lowest BCUT2D eigenvalue weighted by Gasteiger charge is -2.21. The molecule has 1 fully saturated rings. The first-order valence-electron chi connectivity index (χ1n) is 7.01. The van der Waals surface area contributed by atoms with Crippen LogP contribution < -0.4 is 0 Å². The first-order valence-corrected chi connectivity index (χ1v) is 7.01. The topological polar surface area (TPSA) is 71.7 Å². The lowest BCUT2D eigenvalue weighted by molar-refractivity contribution is -0.115. The summed E-state index contributed by atoms with van der Waals surface area (Å²) >= 11 is 0. The third-order valence-electron chi connectivity index (χ3n) is 3.83. The van der Waals surface area contributed by atoms with E-state index in [4.69, 9.17) is 9.15 Å². The molecule has 1 radical (unpaired) electrons. The highest BCUT2D eigenvalue weighted by Crippen LogP contribution is 2.39. The number of fused-ring (bicyclic) bond motifs is 1. The van der Waals surface area contributed by atoms with Crippen molar-refractivity contribution in [2.24, 2.45) is 4.99 Å². The van der Waals surface area contributed by atoms with Crippen molar-refractivity contribution in [3.63, 3.8) is 0 Å². The minimum atomic E-state index is -0.466. The van der Waals surface area contributed by atoms with E-state index in [-0.39, 0.29) is 17.4 Å². The minimum absolute atomic E-state index is 0.00987. The highest BCUT2D eigenvalue weighted by atomic mass is 16.6. The SMILES string of the molecule is CCOC([O])=C1N=C2CC(c3ccco3)CC(=O)C2=C1C. The number of carbonyl (C=O) groups excluding carboxylic acids is 1. The number of hydrogen-bond donors (Lipinski definition) is 0. The number of nitrogens with zero attached hydrogens (tertiary/aromatic N) is 1. The monoisotopic (exact) mass is 286 g/mol. The summed E-state index contributed by atoms with van der Waals surface area (Å²) in [6.45, 7) is 3.79. The molecule has 109 valence electrons. The Morgan fingerprint density at radius 3 is 2.95 bits per heavy atom. The van der Waals surface area contributed by atoms with Gasteiger partial charge in [-0.3, -0.25) is 4.79 Å². The van der Waals surface area contributed by atoms with Gasteiger partial charge >= 0.3 is 5.95 Å². The molecule has 1 aliphatic heterocycles. The molecule has 2 aliphatic rings. The van der Waals surface area contributed by atoms with E-state index in [9.17, 15) is 9.90 Å². The fourth-order valence-corrected chi connectivity index (χ4v) is 2.88. The quantitative estimate of drug-likeness (QED) is 0.801. The fourth-order valence-electron chi connectivity index (χ4n) is 2.88. The molecule has 1 aromatic heterocycles. The second-order valence-corrected chi connectivity index (χ2v) is 5.17. The predicted molar refractivity (Wildman–Crippen MR) is 75.2 cm³/mol. The third-order valence-corrected chi connectivity index (χ3v) is 3.83. The number of carbonyl (C=O) groups is 1. The summed E-state index contributed by atoms with van der Waals surface area (Å²) in [7, 11) is 0. The van der Waals surface area contributed by atoms with Crippen LogP contribution in [0.5, 0.6) is 0 Å². The second-order valence-electron chi connectivity index (χ2n) is 5.17. The summed E-state index contributed by atoms with van der Waals surface area (Å²) in [5.41, 5.74) is 2.15. The summed E-state index contributed by atoms with van der Waals surface area (Å²) in [6.07, 6.45) is 2.59. The van der Waals surface area contributed by atoms with Crippen LogP contribution in [0.2, 0.25) is 0 Å². The van der Waals surface area contributed by atoms with Crippen molar-refractivity contribution in [1.29, 1.82) is 0 Å². The Labute approximate surface area is 122 Å². The number of ether oxygens (including phenoxy) is 1. The van der Waals surface area contributed by atoms with Crippen LogP contribution in [-0.2, 0) is 14.6 Å². The fraction of sp³-hybridized carbons (Fsp3) is 0.375. The maximum absolute atomic E-state index is 12.4. The molecular weight excluding hydrogens is 270 g/mol. The lowest BCUT2D eigenvalue weighted by Crippen LogP contribution is -2.23. The maximum atomic E-state index is 12.4. The van der Waals surface area contributed by atoms with Crippen molar-refractivity contribution >= 4 is 11.5 Å². The molecule has 21 heavy (non-hydrogen) atoms. The van der Waals surface area contributed by atoms with Crippen molar-refractivity contribution in [2.45, 2.75) is 32.6 Å². The molecule has 1 saturated carbocycles. The van der Waals surface area contributed by atoms with E-state index in [0.717, 1.165) is 5.76 Å². The molecule has 0 bridgehead atoms. The van der Waals surface area contributed by atoms with Gasteiger partial charge in [-0.2, -0.15) is 0 Å². The Kier molecular flexibility index (Phi) is 3.41. The molecule has 0 N–H and O–H groups in total. The summed E-state index contributed by atoms with van der Waals surface area (Å²) < 4.78 is 10.4. The van der Waals surface area contributed by atoms with Crippen LogP contribution in [0.1, 0.15) is 38.4 Å². The molecule has 5 heteroatoms. The number of hydrogen-bond acceptors (Lipinski definition) is 4. The lowest BCUT2D eigenvalue weighted by atomic mass is 9.81. The second kappa shape index (κ2) is 5.24. The molecule has 1 aliphatic carbocycles. The number of ketones is 1. The molecule has 0 amide bonds. The molecule has 1 aromatic rings. The highest BCUT2D eigenvalue weighted by Gasteiger charge is 2.37. The number of Topliss-reactive ketones (excluding diaryl/α,β-unsaturated/α-hetero) is 1. The van der Waals surface area contributed by atoms with Gasteiger partial charge in [0.2, 0.25) is 0 Å². The van der Waals surface area contributed by atoms with Gasteiger partial charge in [0.05, 0.1) is 18.6 Å². The van der Waals surface area contributed by atoms with Crippen LogP contribution in [0.3, 0.4) is 0 Å². The standard InChI is InChI=1S/C16H16NO4/c1-3-20-16(19)15-9(2)14-11(17-15)7-10(8-12(14)18)13-5-4-6-21-13/h4-6,10H,3,7-8H2,1-2H3. The van der Waals surface area contributed by atoms with E-state index in [1.165, 1.54) is 0 Å². The molecule has 1 unspecified atom stereocenters. The van der Waals surface area contributed by atoms with Gasteiger partial charge in [0.25, 0.3) is 0 Å². The van der Waals surface area contributed by atoms with Gasteiger partial charge in [0.1, 0.15) is 5.76 Å². The summed E-state index contributed by atoms with van der Waals surface area (Å²) in [6, 6.07) is 3.67. The molecule has 0 aromatic carbocycles. The van der Waals surface area contributed by atoms with E-state index in [1.807, 2.05) is 12.1 Å². The Morgan fingerprint density at radius 1 is 1.48 bits per heavy atom. The van der Waals surface area contributed by atoms with Gasteiger partial charge in [0.15, 0.2) is 11.5 Å². The number of furan rings is 1. The predicted octanol–water partition coefficient (Wildman–Crippen LogP) is 3.13. The van der Waals surface area contributed by atoms with E-state index >= 15 is 0 Å². The van der Waals surface area contributed by atoms with Crippen molar-refractivity contribution in [3.05, 3.63) is 46.9 Å². The molecule has 2 heterocycles. The van der Waals surface area contributed by atoms with Crippen LogP contribution in [0.25, 0.3) is 0 Å². The van der Waals surface area contributed by atoms with Gasteiger partial charge in [-0.05, 0) is 31.6 Å². The van der Waals surface area contributed by atoms with Crippen LogP contribution in [0, 0.1) is 0 Å². The van der Waals surface area contributed by atoms with Gasteiger partial charge in [-0.25, -0.2) is 10.1 Å². The van der Waals surface area contributed by atoms with Crippen LogP contribution in [0.4, 0.5) is 0 Å². The molecule has 3 rings (SSSR count). The van der Waals surface area contributed by atoms with E-state index < -0.39 is 5.95 Å². The van der Waals surface area contributed by atoms with Gasteiger partial charge in [0, 0.05) is 24.3 Å². The zero-order valence-corrected chi connectivity index (χ0v) is 12.0. The molecule has 1 atom stereocenters. The average molecular weight is 286 g/mol. The Morgan fingerprint density at radius 2 is 2.29 bits per heavy atom. The molecule has 0 spiro atoms. The zero-order valence-electron chi connectivity index (χ0n) is 12.0. The first-order chi connectivity index (χ1) is 10.1. The highest BCUT2D eigenvalue weighted by molar-refractivity contribution is 6.27. The van der Waals surface area contributed by atoms with Gasteiger partial charge < -0.3 is 9.15 Å². The van der Waals surface area contributed by atoms with Gasteiger partial charge in [-0.1, -0.05) is 0 Å². The van der Waals surface area contributed by atoms with E-state index in [2.05, 4.69) is 4.99 Å².